The van der Waals surface area contributed by atoms with E-state index in [4.69, 9.17) is 11.5 Å². The largest absolute Gasteiger partial charge is 0.403 e. The molecule has 0 aliphatic carbocycles. The number of nitrogen functional groups attached to an aromatic ring is 1. The van der Waals surface area contributed by atoms with Gasteiger partial charge in [0.25, 0.3) is 5.92 Å². The monoisotopic (exact) mass is 553 g/mol. The smallest absolute Gasteiger partial charge is 0.278 e. The first-order valence-corrected chi connectivity index (χ1v) is 16.0. The molecule has 0 atom stereocenters. The fourth-order valence-corrected chi connectivity index (χ4v) is 7.21. The van der Waals surface area contributed by atoms with Crippen LogP contribution in [0.3, 0.4) is 0 Å². The quantitative estimate of drug-likeness (QED) is 0.190. The standard InChI is InChI=1S/C33H45F2N3S/c1-32(2)16-9-7-5-4-6-8-12-26-20-30(37)29(21-28(26)25-14-17-39(3)18-15-25)31(22-36)38-23-24-11-10-13-27(19-24)33(32,34)35/h7,9-11,13,19-22,25,38H,3-6,8,12,14-18,23,36-37H2,1-2H3/b9-7-,31-22+. The Bertz CT molecular complexity index is 1220. The summed E-state index contributed by atoms with van der Waals surface area (Å²) in [5.74, 6) is 4.19. The molecule has 3 nitrogen and oxygen atoms in total. The number of benzene rings is 2. The van der Waals surface area contributed by atoms with Gasteiger partial charge in [-0.2, -0.15) is 10.5 Å². The van der Waals surface area contributed by atoms with Crippen molar-refractivity contribution in [3.63, 3.8) is 0 Å². The molecule has 1 fully saturated rings. The van der Waals surface area contributed by atoms with Crippen LogP contribution >= 0.6 is 10.5 Å². The third kappa shape index (κ3) is 6.95. The Morgan fingerprint density at radius 2 is 1.82 bits per heavy atom. The van der Waals surface area contributed by atoms with Crippen LogP contribution in [-0.4, -0.2) is 17.4 Å². The van der Waals surface area contributed by atoms with E-state index >= 15 is 8.78 Å². The van der Waals surface area contributed by atoms with Crippen molar-refractivity contribution in [3.05, 3.63) is 82.6 Å². The van der Waals surface area contributed by atoms with E-state index in [1.54, 1.807) is 32.2 Å². The third-order valence-corrected chi connectivity index (χ3v) is 10.1. The molecule has 2 aromatic rings. The maximum Gasteiger partial charge on any atom is 0.278 e. The second-order valence-electron chi connectivity index (χ2n) is 11.8. The predicted octanol–water partition coefficient (Wildman–Crippen LogP) is 8.07. The molecule has 5 N–H and O–H groups in total. The van der Waals surface area contributed by atoms with E-state index in [0.717, 1.165) is 61.8 Å². The molecule has 4 bridgehead atoms. The number of hydrogen-bond acceptors (Lipinski definition) is 3. The first kappa shape index (κ1) is 29.4. The number of hydrogen-bond donors (Lipinski definition) is 3. The number of nitrogens with two attached hydrogens (primary N) is 2. The highest BCUT2D eigenvalue weighted by Gasteiger charge is 2.47. The van der Waals surface area contributed by atoms with Gasteiger partial charge in [-0.05, 0) is 97.3 Å². The normalized spacial score (nSPS) is 26.0. The van der Waals surface area contributed by atoms with Crippen LogP contribution in [0.2, 0.25) is 0 Å². The van der Waals surface area contributed by atoms with Crippen LogP contribution in [-0.2, 0) is 18.9 Å². The van der Waals surface area contributed by atoms with Gasteiger partial charge in [0, 0.05) is 35.0 Å². The number of halogens is 2. The van der Waals surface area contributed by atoms with Gasteiger partial charge < -0.3 is 16.8 Å². The molecular formula is C33H45F2N3S. The Morgan fingerprint density at radius 1 is 1.05 bits per heavy atom. The fraction of sp³-hybridized carbons (Fsp3) is 0.485. The number of rotatable bonds is 1. The van der Waals surface area contributed by atoms with Gasteiger partial charge in [0.15, 0.2) is 0 Å². The second-order valence-corrected chi connectivity index (χ2v) is 13.8. The van der Waals surface area contributed by atoms with E-state index in [9.17, 15) is 0 Å². The van der Waals surface area contributed by atoms with Crippen molar-refractivity contribution in [3.8, 4) is 0 Å². The molecule has 3 heterocycles. The molecule has 212 valence electrons. The molecule has 0 aromatic heterocycles. The Kier molecular flexibility index (Phi) is 9.58. The lowest BCUT2D eigenvalue weighted by molar-refractivity contribution is -0.112. The number of allylic oxidation sites excluding steroid dienone is 2. The van der Waals surface area contributed by atoms with E-state index in [1.165, 1.54) is 28.7 Å². The van der Waals surface area contributed by atoms with Crippen molar-refractivity contribution < 1.29 is 8.78 Å². The summed E-state index contributed by atoms with van der Waals surface area (Å²) in [6.07, 6.45) is 13.3. The molecule has 5 rings (SSSR count). The van der Waals surface area contributed by atoms with Gasteiger partial charge in [0.2, 0.25) is 0 Å². The Labute approximate surface area is 236 Å². The minimum absolute atomic E-state index is 0.0424. The summed E-state index contributed by atoms with van der Waals surface area (Å²) in [5, 5.41) is 3.39. The van der Waals surface area contributed by atoms with E-state index in [0.29, 0.717) is 24.6 Å². The van der Waals surface area contributed by atoms with E-state index in [1.807, 2.05) is 12.1 Å². The molecule has 39 heavy (non-hydrogen) atoms. The average molecular weight is 554 g/mol. The summed E-state index contributed by atoms with van der Waals surface area (Å²) in [4.78, 5) is 0. The SMILES string of the molecule is C=S1CCC(c2cc3c(N)cc2CCCCC/C=C\CC(C)(C)C(F)(F)c2cccc(c2)CN/C3=C/N)CC1. The highest BCUT2D eigenvalue weighted by atomic mass is 32.2. The van der Waals surface area contributed by atoms with Gasteiger partial charge in [-0.25, -0.2) is 8.78 Å². The van der Waals surface area contributed by atoms with Gasteiger partial charge >= 0.3 is 0 Å². The summed E-state index contributed by atoms with van der Waals surface area (Å²) >= 11 is 0. The average Bonchev–Trinajstić information content (AvgIpc) is 2.91. The van der Waals surface area contributed by atoms with Gasteiger partial charge in [-0.1, -0.05) is 56.5 Å². The number of fused-ring (bicyclic) bond motifs is 12. The van der Waals surface area contributed by atoms with Gasteiger partial charge in [0.1, 0.15) is 0 Å². The van der Waals surface area contributed by atoms with Gasteiger partial charge in [-0.3, -0.25) is 0 Å². The van der Waals surface area contributed by atoms with Crippen LogP contribution in [0.15, 0.2) is 54.8 Å². The fourth-order valence-electron chi connectivity index (χ4n) is 5.77. The van der Waals surface area contributed by atoms with Crippen LogP contribution in [0, 0.1) is 5.41 Å². The van der Waals surface area contributed by atoms with Crippen molar-refractivity contribution in [2.24, 2.45) is 11.1 Å². The van der Waals surface area contributed by atoms with Crippen LogP contribution < -0.4 is 16.8 Å². The molecule has 2 aromatic carbocycles. The van der Waals surface area contributed by atoms with Crippen LogP contribution in [0.4, 0.5) is 14.5 Å². The lowest BCUT2D eigenvalue weighted by atomic mass is 9.78. The predicted molar refractivity (Wildman–Crippen MR) is 166 cm³/mol. The molecule has 6 heteroatoms. The topological polar surface area (TPSA) is 64.1 Å². The van der Waals surface area contributed by atoms with Crippen LogP contribution in [0.25, 0.3) is 5.70 Å². The highest BCUT2D eigenvalue weighted by molar-refractivity contribution is 8.14. The lowest BCUT2D eigenvalue weighted by Gasteiger charge is -2.34. The first-order chi connectivity index (χ1) is 18.6. The van der Waals surface area contributed by atoms with Crippen molar-refractivity contribution in [1.82, 2.24) is 5.32 Å². The van der Waals surface area contributed by atoms with Crippen molar-refractivity contribution >= 4 is 27.7 Å². The molecule has 0 unspecified atom stereocenters. The number of nitrogens with one attached hydrogen (secondary N) is 1. The maximum absolute atomic E-state index is 15.7. The summed E-state index contributed by atoms with van der Waals surface area (Å²) in [5.41, 5.74) is 17.4. The first-order valence-electron chi connectivity index (χ1n) is 14.3. The molecule has 0 amide bonds. The maximum atomic E-state index is 15.7. The van der Waals surface area contributed by atoms with E-state index in [-0.39, 0.29) is 16.0 Å². The zero-order chi connectivity index (χ0) is 28.0. The van der Waals surface area contributed by atoms with Crippen LogP contribution in [0.1, 0.15) is 92.5 Å². The summed E-state index contributed by atoms with van der Waals surface area (Å²) in [7, 11) is 0.267. The highest BCUT2D eigenvalue weighted by Crippen LogP contribution is 2.47. The molecule has 3 aliphatic rings. The Morgan fingerprint density at radius 3 is 2.56 bits per heavy atom. The molecule has 0 spiro atoms. The zero-order valence-corrected chi connectivity index (χ0v) is 24.4. The third-order valence-electron chi connectivity index (χ3n) is 8.45. The molecule has 1 saturated heterocycles. The van der Waals surface area contributed by atoms with Crippen LogP contribution in [0.5, 0.6) is 0 Å². The Balaban J connectivity index is 1.69. The second kappa shape index (κ2) is 12.7. The number of alkyl halides is 2. The number of anilines is 1. The number of aryl methyl sites for hydroxylation is 1. The minimum atomic E-state index is -2.97. The molecular weight excluding hydrogens is 508 g/mol. The van der Waals surface area contributed by atoms with Gasteiger partial charge in [-0.15, -0.1) is 0 Å². The van der Waals surface area contributed by atoms with Gasteiger partial charge in [0.05, 0.1) is 5.70 Å². The summed E-state index contributed by atoms with van der Waals surface area (Å²) < 4.78 is 31.3. The minimum Gasteiger partial charge on any atom is -0.403 e. The lowest BCUT2D eigenvalue weighted by Crippen LogP contribution is -2.33. The molecule has 0 radical (unpaired) electrons. The van der Waals surface area contributed by atoms with E-state index in [2.05, 4.69) is 29.4 Å². The molecule has 0 saturated carbocycles. The van der Waals surface area contributed by atoms with E-state index < -0.39 is 11.3 Å². The van der Waals surface area contributed by atoms with Crippen molar-refractivity contribution in [1.29, 1.82) is 0 Å². The summed E-state index contributed by atoms with van der Waals surface area (Å²) in [6.45, 7) is 3.67. The van der Waals surface area contributed by atoms with Crippen molar-refractivity contribution in [2.45, 2.75) is 83.6 Å². The zero-order valence-electron chi connectivity index (χ0n) is 23.6. The molecule has 3 aliphatic heterocycles. The van der Waals surface area contributed by atoms with Crippen molar-refractivity contribution in [2.75, 3.05) is 17.2 Å². The summed E-state index contributed by atoms with van der Waals surface area (Å²) in [6, 6.07) is 11.1. The Hall–Kier alpha value is -2.60.